The summed E-state index contributed by atoms with van der Waals surface area (Å²) >= 11 is 0. The van der Waals surface area contributed by atoms with Gasteiger partial charge in [-0.2, -0.15) is 0 Å². The quantitative estimate of drug-likeness (QED) is 0.266. The number of hydrogen-bond acceptors (Lipinski definition) is 5. The van der Waals surface area contributed by atoms with E-state index in [2.05, 4.69) is 11.9 Å². The number of nitrogens with one attached hydrogen (secondary N) is 1. The number of nitrogens with zero attached hydrogens (tertiary/aromatic N) is 1. The molecular weight excluding hydrogens is 472 g/mol. The normalized spacial score (nSPS) is 14.5. The highest BCUT2D eigenvalue weighted by atomic mass is 16.5. The first-order valence-electron chi connectivity index (χ1n) is 11.4. The van der Waals surface area contributed by atoms with Crippen LogP contribution < -0.4 is 15.0 Å². The molecule has 4 rings (SSSR count). The summed E-state index contributed by atoms with van der Waals surface area (Å²) in [6.07, 6.45) is 3.61. The summed E-state index contributed by atoms with van der Waals surface area (Å²) in [4.78, 5) is 50.0. The minimum Gasteiger partial charge on any atom is -0.489 e. The number of aryl methyl sites for hydroxylation is 1. The second-order valence-electron chi connectivity index (χ2n) is 8.44. The second kappa shape index (κ2) is 10.7. The van der Waals surface area contributed by atoms with Gasteiger partial charge in [-0.1, -0.05) is 42.0 Å². The molecule has 0 unspecified atom stereocenters. The molecule has 3 aromatic carbocycles. The van der Waals surface area contributed by atoms with Gasteiger partial charge in [-0.15, -0.1) is 6.58 Å². The average Bonchev–Trinajstić information content (AvgIpc) is 2.87. The maximum atomic E-state index is 13.1. The standard InChI is InChI=1S/C29H24N2O6/c1-3-4-22-15-20(9-14-25(22)37-17-19-7-10-21(11-8-19)28(34)35)16-24-26(32)30-29(36)31(27(24)33)23-12-5-18(2)6-13-23/h3,5-16H,1,4,17H2,2H3,(H,34,35)(H,30,32,36)/b24-16+. The van der Waals surface area contributed by atoms with Gasteiger partial charge in [-0.25, -0.2) is 14.5 Å². The van der Waals surface area contributed by atoms with Crippen LogP contribution in [0.25, 0.3) is 6.08 Å². The highest BCUT2D eigenvalue weighted by molar-refractivity contribution is 6.39. The van der Waals surface area contributed by atoms with Crippen LogP contribution in [-0.4, -0.2) is 28.9 Å². The molecule has 0 saturated carbocycles. The highest BCUT2D eigenvalue weighted by Crippen LogP contribution is 2.26. The van der Waals surface area contributed by atoms with Crippen molar-refractivity contribution in [3.8, 4) is 5.75 Å². The Morgan fingerprint density at radius 3 is 2.38 bits per heavy atom. The number of carboxylic acid groups (broad SMARTS) is 1. The zero-order chi connectivity index (χ0) is 26.5. The van der Waals surface area contributed by atoms with Crippen molar-refractivity contribution in [2.24, 2.45) is 0 Å². The van der Waals surface area contributed by atoms with E-state index in [1.165, 1.54) is 18.2 Å². The molecule has 0 atom stereocenters. The third kappa shape index (κ3) is 5.65. The summed E-state index contributed by atoms with van der Waals surface area (Å²) in [5, 5.41) is 11.3. The minimum atomic E-state index is -0.998. The van der Waals surface area contributed by atoms with E-state index < -0.39 is 23.8 Å². The molecule has 2 N–H and O–H groups in total. The van der Waals surface area contributed by atoms with Crippen molar-refractivity contribution in [3.63, 3.8) is 0 Å². The number of ether oxygens (including phenoxy) is 1. The SMILES string of the molecule is C=CCc1cc(/C=C2\C(=O)NC(=O)N(c3ccc(C)cc3)C2=O)ccc1OCc1ccc(C(=O)O)cc1. The summed E-state index contributed by atoms with van der Waals surface area (Å²) in [6, 6.07) is 17.6. The topological polar surface area (TPSA) is 113 Å². The van der Waals surface area contributed by atoms with Gasteiger partial charge < -0.3 is 9.84 Å². The number of rotatable bonds is 8. The number of carbonyl (C=O) groups is 4. The fraction of sp³-hybridized carbons (Fsp3) is 0.103. The van der Waals surface area contributed by atoms with E-state index in [4.69, 9.17) is 9.84 Å². The first-order chi connectivity index (χ1) is 17.8. The van der Waals surface area contributed by atoms with Crippen LogP contribution in [-0.2, 0) is 22.6 Å². The molecule has 1 fully saturated rings. The van der Waals surface area contributed by atoms with Gasteiger partial charge in [0.2, 0.25) is 0 Å². The van der Waals surface area contributed by atoms with Crippen molar-refractivity contribution in [1.82, 2.24) is 5.32 Å². The molecule has 3 aromatic rings. The molecule has 1 aliphatic heterocycles. The van der Waals surface area contributed by atoms with Gasteiger partial charge in [-0.05, 0) is 72.5 Å². The number of carboxylic acids is 1. The Kier molecular flexibility index (Phi) is 7.29. The van der Waals surface area contributed by atoms with Crippen molar-refractivity contribution in [2.75, 3.05) is 4.90 Å². The Labute approximate surface area is 213 Å². The Morgan fingerprint density at radius 1 is 1.03 bits per heavy atom. The fourth-order valence-corrected chi connectivity index (χ4v) is 3.80. The van der Waals surface area contributed by atoms with Crippen molar-refractivity contribution in [1.29, 1.82) is 0 Å². The number of anilines is 1. The van der Waals surface area contributed by atoms with Gasteiger partial charge in [0.15, 0.2) is 0 Å². The van der Waals surface area contributed by atoms with E-state index in [9.17, 15) is 19.2 Å². The van der Waals surface area contributed by atoms with Crippen LogP contribution in [0.4, 0.5) is 10.5 Å². The van der Waals surface area contributed by atoms with E-state index in [1.807, 2.05) is 6.92 Å². The number of allylic oxidation sites excluding steroid dienone is 1. The Hall–Kier alpha value is -4.98. The Morgan fingerprint density at radius 2 is 1.73 bits per heavy atom. The molecular formula is C29H24N2O6. The first-order valence-corrected chi connectivity index (χ1v) is 11.4. The highest BCUT2D eigenvalue weighted by Gasteiger charge is 2.36. The molecule has 37 heavy (non-hydrogen) atoms. The summed E-state index contributed by atoms with van der Waals surface area (Å²) in [5.41, 5.74) is 3.50. The van der Waals surface area contributed by atoms with Crippen molar-refractivity contribution in [2.45, 2.75) is 20.0 Å². The lowest BCUT2D eigenvalue weighted by molar-refractivity contribution is -0.122. The van der Waals surface area contributed by atoms with Crippen LogP contribution in [0.3, 0.4) is 0 Å². The van der Waals surface area contributed by atoms with E-state index in [0.717, 1.165) is 21.6 Å². The van der Waals surface area contributed by atoms with Gasteiger partial charge in [0, 0.05) is 0 Å². The van der Waals surface area contributed by atoms with Crippen LogP contribution in [0.2, 0.25) is 0 Å². The molecule has 0 spiro atoms. The maximum absolute atomic E-state index is 13.1. The molecule has 0 aliphatic carbocycles. The molecule has 0 bridgehead atoms. The fourth-order valence-electron chi connectivity index (χ4n) is 3.80. The van der Waals surface area contributed by atoms with Gasteiger partial charge in [-0.3, -0.25) is 14.9 Å². The summed E-state index contributed by atoms with van der Waals surface area (Å²) in [5.74, 6) is -1.90. The molecule has 8 heteroatoms. The third-order valence-electron chi connectivity index (χ3n) is 5.75. The third-order valence-corrected chi connectivity index (χ3v) is 5.75. The monoisotopic (exact) mass is 496 g/mol. The number of urea groups is 1. The lowest BCUT2D eigenvalue weighted by Crippen LogP contribution is -2.54. The second-order valence-corrected chi connectivity index (χ2v) is 8.44. The van der Waals surface area contributed by atoms with E-state index in [0.29, 0.717) is 23.4 Å². The molecule has 1 aliphatic rings. The van der Waals surface area contributed by atoms with Crippen molar-refractivity contribution >= 4 is 35.6 Å². The Balaban J connectivity index is 1.58. The summed E-state index contributed by atoms with van der Waals surface area (Å²) < 4.78 is 5.95. The van der Waals surface area contributed by atoms with E-state index >= 15 is 0 Å². The smallest absolute Gasteiger partial charge is 0.335 e. The molecule has 186 valence electrons. The maximum Gasteiger partial charge on any atom is 0.335 e. The van der Waals surface area contributed by atoms with Crippen molar-refractivity contribution in [3.05, 3.63) is 113 Å². The number of hydrogen-bond donors (Lipinski definition) is 2. The molecule has 1 saturated heterocycles. The predicted molar refractivity (Wildman–Crippen MR) is 138 cm³/mol. The van der Waals surface area contributed by atoms with Crippen LogP contribution >= 0.6 is 0 Å². The molecule has 0 radical (unpaired) electrons. The van der Waals surface area contributed by atoms with E-state index in [1.54, 1.807) is 60.7 Å². The zero-order valence-electron chi connectivity index (χ0n) is 20.1. The minimum absolute atomic E-state index is 0.170. The zero-order valence-corrected chi connectivity index (χ0v) is 20.1. The number of benzene rings is 3. The molecule has 8 nitrogen and oxygen atoms in total. The van der Waals surface area contributed by atoms with Crippen LogP contribution in [0, 0.1) is 6.92 Å². The van der Waals surface area contributed by atoms with Gasteiger partial charge in [0.25, 0.3) is 11.8 Å². The largest absolute Gasteiger partial charge is 0.489 e. The molecule has 4 amide bonds. The van der Waals surface area contributed by atoms with Gasteiger partial charge >= 0.3 is 12.0 Å². The number of aromatic carboxylic acids is 1. The number of barbiturate groups is 1. The lowest BCUT2D eigenvalue weighted by atomic mass is 10.0. The van der Waals surface area contributed by atoms with Gasteiger partial charge in [0.1, 0.15) is 17.9 Å². The van der Waals surface area contributed by atoms with Gasteiger partial charge in [0.05, 0.1) is 11.3 Å². The molecule has 1 heterocycles. The summed E-state index contributed by atoms with van der Waals surface area (Å²) in [7, 11) is 0. The van der Waals surface area contributed by atoms with Crippen LogP contribution in [0.15, 0.2) is 85.0 Å². The Bertz CT molecular complexity index is 1420. The number of imide groups is 2. The molecule has 0 aromatic heterocycles. The lowest BCUT2D eigenvalue weighted by Gasteiger charge is -2.26. The average molecular weight is 497 g/mol. The summed E-state index contributed by atoms with van der Waals surface area (Å²) in [6.45, 7) is 5.89. The number of carbonyl (C=O) groups excluding carboxylic acids is 3. The van der Waals surface area contributed by atoms with Crippen LogP contribution in [0.5, 0.6) is 5.75 Å². The van der Waals surface area contributed by atoms with Crippen LogP contribution in [0.1, 0.15) is 32.6 Å². The van der Waals surface area contributed by atoms with E-state index in [-0.39, 0.29) is 17.7 Å². The first kappa shape index (κ1) is 25.1. The predicted octanol–water partition coefficient (Wildman–Crippen LogP) is 4.67. The number of amides is 4. The van der Waals surface area contributed by atoms with Crippen molar-refractivity contribution < 1.29 is 29.0 Å².